The van der Waals surface area contributed by atoms with Gasteiger partial charge in [0.15, 0.2) is 26.7 Å². The zero-order valence-corrected chi connectivity index (χ0v) is 31.2. The van der Waals surface area contributed by atoms with E-state index in [0.29, 0.717) is 11.1 Å². The number of carbonyl (C=O) groups excluding carboxylic acids is 2. The van der Waals surface area contributed by atoms with E-state index in [1.807, 2.05) is 0 Å². The van der Waals surface area contributed by atoms with Crippen LogP contribution in [-0.2, 0) is 47.2 Å². The van der Waals surface area contributed by atoms with Gasteiger partial charge in [-0.05, 0) is 60.5 Å². The predicted octanol–water partition coefficient (Wildman–Crippen LogP) is 4.23. The summed E-state index contributed by atoms with van der Waals surface area (Å²) in [5.41, 5.74) is -2.34. The molecular weight excluding hydrogens is 719 g/mol. The fourth-order valence-corrected chi connectivity index (χ4v) is 9.82. The third-order valence-corrected chi connectivity index (χ3v) is 13.1. The Balaban J connectivity index is 1.53. The number of ether oxygens (including phenoxy) is 3. The topological polar surface area (TPSA) is 226 Å². The predicted molar refractivity (Wildman–Crippen MR) is 181 cm³/mol. The first kappa shape index (κ1) is 40.0. The number of aliphatic hydroxyl groups is 2. The fourth-order valence-electron chi connectivity index (χ4n) is 5.38. The zero-order chi connectivity index (χ0) is 37.2. The van der Waals surface area contributed by atoms with E-state index < -0.39 is 89.6 Å². The molecule has 1 saturated carbocycles. The van der Waals surface area contributed by atoms with Crippen LogP contribution < -0.4 is 5.32 Å². The molecule has 0 aromatic carbocycles. The zero-order valence-electron chi connectivity index (χ0n) is 28.8. The summed E-state index contributed by atoms with van der Waals surface area (Å²) in [4.78, 5) is 28.7. The first-order valence-corrected chi connectivity index (χ1v) is 19.9. The van der Waals surface area contributed by atoms with Gasteiger partial charge in [-0.2, -0.15) is 5.26 Å². The number of anilines is 1. The van der Waals surface area contributed by atoms with Crippen LogP contribution in [-0.4, -0.2) is 89.3 Å². The highest BCUT2D eigenvalue weighted by molar-refractivity contribution is 7.97. The standard InChI is InChI=1S/C31H44ClN4O12PS/c1-30(2,3)28(39)44-15-46-49(41,47-16-45-29(40)31(4,5)6)17-50(42,43)14-21-23(37)24(38)27(48-21)36-12-11-19-22(34-18-9-7-8-10-18)20(13-33)25(32)35-26(19)36/h11-12,18,21,23-24,27,37-38H,7-10,14-17H2,1-6H3,(H,34,35)/t21-,23-,24-,27+/m1/s1. The number of fused-ring (bicyclic) bond motifs is 1. The van der Waals surface area contributed by atoms with Crippen LogP contribution >= 0.6 is 19.2 Å². The lowest BCUT2D eigenvalue weighted by atomic mass is 9.98. The molecule has 2 aliphatic rings. The number of pyridine rings is 1. The van der Waals surface area contributed by atoms with Gasteiger partial charge < -0.3 is 34.3 Å². The van der Waals surface area contributed by atoms with Crippen LogP contribution in [0.1, 0.15) is 79.0 Å². The van der Waals surface area contributed by atoms with E-state index in [4.69, 9.17) is 34.9 Å². The minimum absolute atomic E-state index is 0.0929. The van der Waals surface area contributed by atoms with E-state index in [1.165, 1.54) is 10.8 Å². The Hall–Kier alpha value is -2.81. The molecule has 1 saturated heterocycles. The van der Waals surface area contributed by atoms with Crippen molar-refractivity contribution in [3.8, 4) is 6.07 Å². The van der Waals surface area contributed by atoms with E-state index in [0.717, 1.165) is 25.7 Å². The van der Waals surface area contributed by atoms with Crippen LogP contribution in [0, 0.1) is 22.2 Å². The molecule has 4 rings (SSSR count). The van der Waals surface area contributed by atoms with Crippen molar-refractivity contribution in [2.75, 3.05) is 30.1 Å². The van der Waals surface area contributed by atoms with Gasteiger partial charge in [0.05, 0.1) is 22.3 Å². The van der Waals surface area contributed by atoms with Crippen molar-refractivity contribution < 1.29 is 56.0 Å². The third-order valence-electron chi connectivity index (χ3n) is 8.12. The molecule has 1 aliphatic heterocycles. The lowest BCUT2D eigenvalue weighted by molar-refractivity contribution is -0.161. The van der Waals surface area contributed by atoms with Crippen LogP contribution in [0.25, 0.3) is 11.0 Å². The monoisotopic (exact) mass is 762 g/mol. The number of hydrogen-bond acceptors (Lipinski definition) is 15. The summed E-state index contributed by atoms with van der Waals surface area (Å²) in [5.74, 6) is -2.40. The maximum absolute atomic E-state index is 13.6. The molecule has 278 valence electrons. The molecule has 0 unspecified atom stereocenters. The van der Waals surface area contributed by atoms with Gasteiger partial charge >= 0.3 is 19.5 Å². The van der Waals surface area contributed by atoms with Crippen LogP contribution in [0.4, 0.5) is 5.69 Å². The van der Waals surface area contributed by atoms with Crippen molar-refractivity contribution in [1.29, 1.82) is 5.26 Å². The second-order valence-corrected chi connectivity index (χ2v) is 19.4. The summed E-state index contributed by atoms with van der Waals surface area (Å²) in [7, 11) is -9.17. The maximum Gasteiger partial charge on any atom is 0.351 e. The average molecular weight is 763 g/mol. The van der Waals surface area contributed by atoms with Gasteiger partial charge in [0.2, 0.25) is 13.6 Å². The molecule has 0 spiro atoms. The Morgan fingerprint density at radius 2 is 1.64 bits per heavy atom. The fraction of sp³-hybridized carbons (Fsp3) is 0.677. The van der Waals surface area contributed by atoms with E-state index in [2.05, 4.69) is 16.4 Å². The molecule has 4 atom stereocenters. The normalized spacial score (nSPS) is 22.1. The van der Waals surface area contributed by atoms with E-state index in [-0.39, 0.29) is 22.4 Å². The number of esters is 2. The lowest BCUT2D eigenvalue weighted by Gasteiger charge is -2.22. The van der Waals surface area contributed by atoms with Gasteiger partial charge in [0.25, 0.3) is 0 Å². The van der Waals surface area contributed by atoms with Gasteiger partial charge in [-0.3, -0.25) is 23.2 Å². The SMILES string of the molecule is CC(C)(C)C(=O)OCOP(=O)(CS(=O)(=O)C[C@H]1O[C@H](n2ccc3c(NC4CCCC4)c(C#N)c(Cl)nc32)[C@H](O)[C@@H]1O)OCOC(=O)C(C)(C)C. The van der Waals surface area contributed by atoms with Gasteiger partial charge in [-0.15, -0.1) is 0 Å². The molecule has 16 nitrogen and oxygen atoms in total. The van der Waals surface area contributed by atoms with Crippen molar-refractivity contribution in [1.82, 2.24) is 9.55 Å². The average Bonchev–Trinajstić information content (AvgIpc) is 3.72. The molecule has 2 aromatic rings. The Labute approximate surface area is 295 Å². The molecule has 2 fully saturated rings. The van der Waals surface area contributed by atoms with Gasteiger partial charge in [0, 0.05) is 17.6 Å². The second-order valence-electron chi connectivity index (χ2n) is 14.4. The van der Waals surface area contributed by atoms with E-state index in [9.17, 15) is 38.0 Å². The van der Waals surface area contributed by atoms with Gasteiger partial charge in [0.1, 0.15) is 35.6 Å². The highest BCUT2D eigenvalue weighted by Crippen LogP contribution is 2.50. The molecule has 3 N–H and O–H groups in total. The molecule has 3 heterocycles. The number of nitrogens with zero attached hydrogens (tertiary/aromatic N) is 3. The highest BCUT2D eigenvalue weighted by Gasteiger charge is 2.47. The number of sulfone groups is 1. The Bertz CT molecular complexity index is 1740. The summed E-state index contributed by atoms with van der Waals surface area (Å²) < 4.78 is 67.9. The van der Waals surface area contributed by atoms with Crippen molar-refractivity contribution >= 4 is 57.7 Å². The van der Waals surface area contributed by atoms with E-state index in [1.54, 1.807) is 47.6 Å². The minimum atomic E-state index is -4.68. The molecule has 19 heteroatoms. The number of halogens is 1. The maximum atomic E-state index is 13.6. The van der Waals surface area contributed by atoms with Gasteiger partial charge in [-0.1, -0.05) is 24.4 Å². The number of nitriles is 1. The quantitative estimate of drug-likeness (QED) is 0.112. The Morgan fingerprint density at radius 1 is 1.08 bits per heavy atom. The number of aliphatic hydroxyl groups excluding tert-OH is 2. The second kappa shape index (κ2) is 15.4. The molecule has 0 radical (unpaired) electrons. The smallest absolute Gasteiger partial charge is 0.351 e. The number of aromatic nitrogens is 2. The van der Waals surface area contributed by atoms with Crippen LogP contribution in [0.3, 0.4) is 0 Å². The van der Waals surface area contributed by atoms with Crippen molar-refractivity contribution in [3.63, 3.8) is 0 Å². The number of rotatable bonds is 13. The molecule has 0 bridgehead atoms. The summed E-state index contributed by atoms with van der Waals surface area (Å²) in [5, 5.41) is 35.5. The summed E-state index contributed by atoms with van der Waals surface area (Å²) >= 11 is 6.40. The Kier molecular flexibility index (Phi) is 12.3. The number of carbonyl (C=O) groups is 2. The first-order chi connectivity index (χ1) is 23.2. The van der Waals surface area contributed by atoms with E-state index >= 15 is 0 Å². The highest BCUT2D eigenvalue weighted by atomic mass is 35.5. The third kappa shape index (κ3) is 9.54. The van der Waals surface area contributed by atoms with Crippen molar-refractivity contribution in [2.45, 2.75) is 97.8 Å². The first-order valence-electron chi connectivity index (χ1n) is 16.0. The molecule has 0 amide bonds. The molecule has 1 aliphatic carbocycles. The number of nitrogens with one attached hydrogen (secondary N) is 1. The van der Waals surface area contributed by atoms with Crippen LogP contribution in [0.2, 0.25) is 5.15 Å². The summed E-state index contributed by atoms with van der Waals surface area (Å²) in [6, 6.07) is 3.85. The van der Waals surface area contributed by atoms with Crippen molar-refractivity contribution in [2.24, 2.45) is 10.8 Å². The largest absolute Gasteiger partial charge is 0.438 e. The minimum Gasteiger partial charge on any atom is -0.438 e. The Morgan fingerprint density at radius 3 is 2.16 bits per heavy atom. The molecule has 50 heavy (non-hydrogen) atoms. The van der Waals surface area contributed by atoms with Crippen LogP contribution in [0.15, 0.2) is 12.3 Å². The lowest BCUT2D eigenvalue weighted by Crippen LogP contribution is -2.36. The summed E-state index contributed by atoms with van der Waals surface area (Å²) in [6.07, 6.45) is -0.800. The number of hydrogen-bond donors (Lipinski definition) is 3. The van der Waals surface area contributed by atoms with Crippen LogP contribution in [0.5, 0.6) is 0 Å². The summed E-state index contributed by atoms with van der Waals surface area (Å²) in [6.45, 7) is 7.52. The van der Waals surface area contributed by atoms with Gasteiger partial charge in [-0.25, -0.2) is 13.4 Å². The molecule has 2 aromatic heterocycles. The van der Waals surface area contributed by atoms with Crippen molar-refractivity contribution in [3.05, 3.63) is 23.0 Å². The molecular formula is C31H44ClN4O12PS.